The average Bonchev–Trinajstić information content (AvgIpc) is 2.37. The lowest BCUT2D eigenvalue weighted by molar-refractivity contribution is -0.137. The molecule has 0 N–H and O–H groups in total. The first kappa shape index (κ1) is 18.1. The number of benzene rings is 1. The summed E-state index contributed by atoms with van der Waals surface area (Å²) in [5, 5.41) is 0. The van der Waals surface area contributed by atoms with Gasteiger partial charge in [-0.25, -0.2) is 0 Å². The first-order valence-electron chi connectivity index (χ1n) is 5.74. The monoisotopic (exact) mass is 359 g/mol. The standard InChI is InChI=1S/C13H11Cl3F3NO/c1-2-3-7-20(11(21)12(14,15)16)10-6-4-5-9(8-10)13(17,18)19/h2-6,8H,7H2,1H3. The van der Waals surface area contributed by atoms with E-state index in [2.05, 4.69) is 0 Å². The molecule has 0 unspecified atom stereocenters. The Labute approximate surface area is 135 Å². The van der Waals surface area contributed by atoms with Crippen LogP contribution in [0.1, 0.15) is 12.5 Å². The number of hydrogen-bond acceptors (Lipinski definition) is 1. The Hall–Kier alpha value is -0.910. The molecule has 0 saturated carbocycles. The fourth-order valence-electron chi connectivity index (χ4n) is 1.52. The van der Waals surface area contributed by atoms with Crippen LogP contribution in [-0.4, -0.2) is 16.2 Å². The fourth-order valence-corrected chi connectivity index (χ4v) is 1.83. The van der Waals surface area contributed by atoms with E-state index in [-0.39, 0.29) is 12.2 Å². The Kier molecular flexibility index (Phi) is 5.96. The van der Waals surface area contributed by atoms with Crippen LogP contribution in [0.3, 0.4) is 0 Å². The van der Waals surface area contributed by atoms with Crippen molar-refractivity contribution in [2.45, 2.75) is 16.9 Å². The van der Waals surface area contributed by atoms with Crippen molar-refractivity contribution in [3.8, 4) is 0 Å². The number of carbonyl (C=O) groups is 1. The van der Waals surface area contributed by atoms with Crippen LogP contribution in [0.4, 0.5) is 18.9 Å². The summed E-state index contributed by atoms with van der Waals surface area (Å²) < 4.78 is 35.9. The number of anilines is 1. The van der Waals surface area contributed by atoms with E-state index in [0.29, 0.717) is 0 Å². The van der Waals surface area contributed by atoms with Crippen LogP contribution >= 0.6 is 34.8 Å². The zero-order valence-corrected chi connectivity index (χ0v) is 13.1. The first-order chi connectivity index (χ1) is 9.57. The molecule has 1 amide bonds. The highest BCUT2D eigenvalue weighted by Crippen LogP contribution is 2.34. The number of rotatable bonds is 3. The van der Waals surface area contributed by atoms with Gasteiger partial charge in [-0.15, -0.1) is 0 Å². The Morgan fingerprint density at radius 2 is 1.90 bits per heavy atom. The van der Waals surface area contributed by atoms with Crippen molar-refractivity contribution in [1.29, 1.82) is 0 Å². The summed E-state index contributed by atoms with van der Waals surface area (Å²) in [5.41, 5.74) is -0.887. The number of hydrogen-bond donors (Lipinski definition) is 0. The zero-order chi connectivity index (χ0) is 16.3. The molecule has 0 heterocycles. The Morgan fingerprint density at radius 3 is 2.38 bits per heavy atom. The largest absolute Gasteiger partial charge is 0.416 e. The second kappa shape index (κ2) is 6.90. The molecule has 116 valence electrons. The minimum atomic E-state index is -4.52. The van der Waals surface area contributed by atoms with Crippen molar-refractivity contribution >= 4 is 46.4 Å². The lowest BCUT2D eigenvalue weighted by atomic mass is 10.1. The van der Waals surface area contributed by atoms with Crippen LogP contribution in [0.5, 0.6) is 0 Å². The van der Waals surface area contributed by atoms with E-state index in [1.165, 1.54) is 12.1 Å². The highest BCUT2D eigenvalue weighted by atomic mass is 35.6. The quantitative estimate of drug-likeness (QED) is 0.549. The summed E-state index contributed by atoms with van der Waals surface area (Å²) in [6.45, 7) is 1.69. The average molecular weight is 361 g/mol. The SMILES string of the molecule is CC=CCN(C(=O)C(Cl)(Cl)Cl)c1cccc(C(F)(F)F)c1. The summed E-state index contributed by atoms with van der Waals surface area (Å²) in [4.78, 5) is 13.0. The van der Waals surface area contributed by atoms with Crippen LogP contribution in [-0.2, 0) is 11.0 Å². The molecule has 1 aromatic carbocycles. The molecule has 0 atom stereocenters. The van der Waals surface area contributed by atoms with Crippen molar-refractivity contribution in [3.05, 3.63) is 42.0 Å². The molecular formula is C13H11Cl3F3NO. The van der Waals surface area contributed by atoms with Crippen LogP contribution in [0.25, 0.3) is 0 Å². The van der Waals surface area contributed by atoms with Gasteiger partial charge >= 0.3 is 6.18 Å². The van der Waals surface area contributed by atoms with E-state index in [0.717, 1.165) is 17.0 Å². The van der Waals surface area contributed by atoms with E-state index in [4.69, 9.17) is 34.8 Å². The van der Waals surface area contributed by atoms with Gasteiger partial charge in [-0.05, 0) is 25.1 Å². The van der Waals surface area contributed by atoms with Gasteiger partial charge in [0.2, 0.25) is 0 Å². The summed E-state index contributed by atoms with van der Waals surface area (Å²) >= 11 is 16.6. The van der Waals surface area contributed by atoms with E-state index >= 15 is 0 Å². The maximum absolute atomic E-state index is 12.7. The van der Waals surface area contributed by atoms with Crippen LogP contribution in [0.15, 0.2) is 36.4 Å². The number of alkyl halides is 6. The molecule has 0 aliphatic rings. The predicted molar refractivity (Wildman–Crippen MR) is 78.9 cm³/mol. The third-order valence-corrected chi connectivity index (χ3v) is 2.98. The number of halogens is 6. The molecular weight excluding hydrogens is 350 g/mol. The van der Waals surface area contributed by atoms with Gasteiger partial charge in [0, 0.05) is 12.2 Å². The van der Waals surface area contributed by atoms with Crippen molar-refractivity contribution in [3.63, 3.8) is 0 Å². The highest BCUT2D eigenvalue weighted by Gasteiger charge is 2.37. The number of carbonyl (C=O) groups excluding carboxylic acids is 1. The molecule has 0 fully saturated rings. The maximum atomic E-state index is 12.7. The minimum Gasteiger partial charge on any atom is -0.305 e. The number of allylic oxidation sites excluding steroid dienone is 1. The number of amides is 1. The van der Waals surface area contributed by atoms with Crippen molar-refractivity contribution in [2.75, 3.05) is 11.4 Å². The van der Waals surface area contributed by atoms with Gasteiger partial charge < -0.3 is 4.90 Å². The smallest absolute Gasteiger partial charge is 0.305 e. The molecule has 0 aromatic heterocycles. The maximum Gasteiger partial charge on any atom is 0.416 e. The van der Waals surface area contributed by atoms with Gasteiger partial charge in [0.15, 0.2) is 0 Å². The zero-order valence-electron chi connectivity index (χ0n) is 10.8. The lowest BCUT2D eigenvalue weighted by Crippen LogP contribution is -2.39. The van der Waals surface area contributed by atoms with Gasteiger partial charge in [-0.1, -0.05) is 53.0 Å². The third-order valence-electron chi connectivity index (χ3n) is 2.50. The van der Waals surface area contributed by atoms with E-state index in [9.17, 15) is 18.0 Å². The van der Waals surface area contributed by atoms with E-state index in [1.54, 1.807) is 19.1 Å². The first-order valence-corrected chi connectivity index (χ1v) is 6.88. The van der Waals surface area contributed by atoms with Gasteiger partial charge in [0.1, 0.15) is 0 Å². The molecule has 21 heavy (non-hydrogen) atoms. The Bertz CT molecular complexity index is 538. The molecule has 0 bridgehead atoms. The summed E-state index contributed by atoms with van der Waals surface area (Å²) in [5.74, 6) is -0.926. The highest BCUT2D eigenvalue weighted by molar-refractivity contribution is 6.77. The molecule has 0 aliphatic carbocycles. The van der Waals surface area contributed by atoms with Crippen molar-refractivity contribution in [2.24, 2.45) is 0 Å². The van der Waals surface area contributed by atoms with E-state index in [1.807, 2.05) is 0 Å². The molecule has 1 rings (SSSR count). The van der Waals surface area contributed by atoms with Crippen LogP contribution in [0.2, 0.25) is 0 Å². The van der Waals surface area contributed by atoms with Crippen LogP contribution in [0, 0.1) is 0 Å². The number of nitrogens with zero attached hydrogens (tertiary/aromatic N) is 1. The van der Waals surface area contributed by atoms with Crippen molar-refractivity contribution in [1.82, 2.24) is 0 Å². The summed E-state index contributed by atoms with van der Waals surface area (Å²) in [6, 6.07) is 4.26. The second-order valence-corrected chi connectivity index (χ2v) is 6.31. The van der Waals surface area contributed by atoms with Gasteiger partial charge in [0.25, 0.3) is 9.70 Å². The molecule has 0 aliphatic heterocycles. The molecule has 0 saturated heterocycles. The topological polar surface area (TPSA) is 20.3 Å². The fraction of sp³-hybridized carbons (Fsp3) is 0.308. The Balaban J connectivity index is 3.24. The summed E-state index contributed by atoms with van der Waals surface area (Å²) in [7, 11) is 0. The minimum absolute atomic E-state index is 0.000694. The molecule has 1 aromatic rings. The molecule has 0 radical (unpaired) electrons. The second-order valence-electron chi connectivity index (χ2n) is 4.03. The van der Waals surface area contributed by atoms with Gasteiger partial charge in [0.05, 0.1) is 5.56 Å². The lowest BCUT2D eigenvalue weighted by Gasteiger charge is -2.25. The Morgan fingerprint density at radius 1 is 1.29 bits per heavy atom. The molecule has 8 heteroatoms. The van der Waals surface area contributed by atoms with Crippen LogP contribution < -0.4 is 4.90 Å². The third kappa shape index (κ3) is 5.09. The van der Waals surface area contributed by atoms with Gasteiger partial charge in [-0.2, -0.15) is 13.2 Å². The predicted octanol–water partition coefficient (Wildman–Crippen LogP) is 4.98. The summed E-state index contributed by atoms with van der Waals surface area (Å²) in [6.07, 6.45) is -1.33. The van der Waals surface area contributed by atoms with Gasteiger partial charge in [-0.3, -0.25) is 4.79 Å². The van der Waals surface area contributed by atoms with Crippen molar-refractivity contribution < 1.29 is 18.0 Å². The molecule has 2 nitrogen and oxygen atoms in total. The van der Waals surface area contributed by atoms with E-state index < -0.39 is 21.4 Å². The normalized spacial score (nSPS) is 12.7. The molecule has 0 spiro atoms.